The van der Waals surface area contributed by atoms with E-state index in [-0.39, 0.29) is 5.60 Å². The highest BCUT2D eigenvalue weighted by Crippen LogP contribution is 2.41. The van der Waals surface area contributed by atoms with E-state index in [9.17, 15) is 0 Å². The first-order chi connectivity index (χ1) is 4.20. The second-order valence-corrected chi connectivity index (χ2v) is 3.34. The summed E-state index contributed by atoms with van der Waals surface area (Å²) < 4.78 is 5.31. The van der Waals surface area contributed by atoms with Crippen molar-refractivity contribution in [1.29, 1.82) is 0 Å². The van der Waals surface area contributed by atoms with Gasteiger partial charge in [0.1, 0.15) is 0 Å². The molecule has 1 nitrogen and oxygen atoms in total. The van der Waals surface area contributed by atoms with Crippen LogP contribution in [0, 0.1) is 5.92 Å². The molecule has 1 aliphatic carbocycles. The van der Waals surface area contributed by atoms with Crippen LogP contribution in [-0.4, -0.2) is 12.7 Å². The van der Waals surface area contributed by atoms with Gasteiger partial charge in [-0.1, -0.05) is 13.3 Å². The average Bonchev–Trinajstić information content (AvgIpc) is 1.81. The number of methoxy groups -OCH3 is 1. The second-order valence-electron chi connectivity index (χ2n) is 3.34. The Kier molecular flexibility index (Phi) is 1.80. The summed E-state index contributed by atoms with van der Waals surface area (Å²) >= 11 is 0. The van der Waals surface area contributed by atoms with Crippen LogP contribution in [-0.2, 0) is 4.74 Å². The molecule has 0 aliphatic heterocycles. The van der Waals surface area contributed by atoms with Crippen molar-refractivity contribution in [3.63, 3.8) is 0 Å². The molecule has 0 aromatic heterocycles. The molecule has 0 heterocycles. The molecule has 54 valence electrons. The zero-order valence-corrected chi connectivity index (χ0v) is 6.61. The van der Waals surface area contributed by atoms with Crippen LogP contribution in [0.25, 0.3) is 0 Å². The Morgan fingerprint density at radius 1 is 1.56 bits per heavy atom. The smallest absolute Gasteiger partial charge is 0.0656 e. The van der Waals surface area contributed by atoms with Crippen LogP contribution < -0.4 is 0 Å². The third kappa shape index (κ3) is 1.26. The van der Waals surface area contributed by atoms with E-state index in [1.54, 1.807) is 0 Å². The lowest BCUT2D eigenvalue weighted by Crippen LogP contribution is -2.42. The molecule has 0 bridgehead atoms. The van der Waals surface area contributed by atoms with E-state index in [4.69, 9.17) is 4.74 Å². The summed E-state index contributed by atoms with van der Waals surface area (Å²) in [6, 6.07) is 0. The molecule has 0 N–H and O–H groups in total. The van der Waals surface area contributed by atoms with Crippen LogP contribution in [0.3, 0.4) is 0 Å². The molecule has 0 aromatic carbocycles. The number of hydrogen-bond acceptors (Lipinski definition) is 1. The lowest BCUT2D eigenvalue weighted by Gasteiger charge is -2.43. The molecule has 0 radical (unpaired) electrons. The number of rotatable bonds is 2. The predicted molar refractivity (Wildman–Crippen MR) is 38.4 cm³/mol. The van der Waals surface area contributed by atoms with Crippen LogP contribution in [0.15, 0.2) is 0 Å². The molecular formula is C8H16O. The fourth-order valence-electron chi connectivity index (χ4n) is 1.62. The Balaban J connectivity index is 2.24. The predicted octanol–water partition coefficient (Wildman–Crippen LogP) is 2.21. The van der Waals surface area contributed by atoms with Crippen molar-refractivity contribution in [2.45, 2.75) is 38.7 Å². The summed E-state index contributed by atoms with van der Waals surface area (Å²) in [5, 5.41) is 0. The fourth-order valence-corrected chi connectivity index (χ4v) is 1.62. The van der Waals surface area contributed by atoms with E-state index in [1.807, 2.05) is 7.11 Å². The van der Waals surface area contributed by atoms with Gasteiger partial charge >= 0.3 is 0 Å². The zero-order chi connectivity index (χ0) is 6.91. The summed E-state index contributed by atoms with van der Waals surface area (Å²) in [5.41, 5.74) is 0.237. The quantitative estimate of drug-likeness (QED) is 0.554. The standard InChI is InChI=1S/C8H16O/c1-4-7-5-8(2,6-7)9-3/h7H,4-6H2,1-3H3/t7-,8+. The van der Waals surface area contributed by atoms with Crippen molar-refractivity contribution in [2.75, 3.05) is 7.11 Å². The van der Waals surface area contributed by atoms with E-state index in [1.165, 1.54) is 19.3 Å². The Morgan fingerprint density at radius 2 is 2.11 bits per heavy atom. The third-order valence-electron chi connectivity index (χ3n) is 2.51. The zero-order valence-electron chi connectivity index (χ0n) is 6.61. The summed E-state index contributed by atoms with van der Waals surface area (Å²) in [6.07, 6.45) is 3.85. The minimum Gasteiger partial charge on any atom is -0.379 e. The molecule has 0 aromatic rings. The molecule has 1 saturated carbocycles. The van der Waals surface area contributed by atoms with Crippen molar-refractivity contribution >= 4 is 0 Å². The molecule has 0 amide bonds. The lowest BCUT2D eigenvalue weighted by atomic mass is 9.71. The van der Waals surface area contributed by atoms with E-state index in [0.717, 1.165) is 5.92 Å². The molecule has 0 saturated heterocycles. The van der Waals surface area contributed by atoms with Crippen molar-refractivity contribution in [3.8, 4) is 0 Å². The maximum absolute atomic E-state index is 5.31. The van der Waals surface area contributed by atoms with Crippen molar-refractivity contribution < 1.29 is 4.74 Å². The van der Waals surface area contributed by atoms with Crippen LogP contribution in [0.2, 0.25) is 0 Å². The van der Waals surface area contributed by atoms with Gasteiger partial charge in [0.25, 0.3) is 0 Å². The molecule has 0 atom stereocenters. The molecular weight excluding hydrogens is 112 g/mol. The molecule has 1 aliphatic rings. The highest BCUT2D eigenvalue weighted by Gasteiger charge is 2.38. The summed E-state index contributed by atoms with van der Waals surface area (Å²) in [4.78, 5) is 0. The molecule has 1 fully saturated rings. The minimum absolute atomic E-state index is 0.237. The van der Waals surface area contributed by atoms with Gasteiger partial charge in [-0.05, 0) is 25.7 Å². The van der Waals surface area contributed by atoms with E-state index in [2.05, 4.69) is 13.8 Å². The Labute approximate surface area is 57.4 Å². The second kappa shape index (κ2) is 2.30. The van der Waals surface area contributed by atoms with Crippen molar-refractivity contribution in [1.82, 2.24) is 0 Å². The largest absolute Gasteiger partial charge is 0.379 e. The lowest BCUT2D eigenvalue weighted by molar-refractivity contribution is -0.0908. The van der Waals surface area contributed by atoms with Crippen molar-refractivity contribution in [2.24, 2.45) is 5.92 Å². The number of hydrogen-bond donors (Lipinski definition) is 0. The average molecular weight is 128 g/mol. The first-order valence-electron chi connectivity index (χ1n) is 3.75. The van der Waals surface area contributed by atoms with Gasteiger partial charge in [0, 0.05) is 7.11 Å². The van der Waals surface area contributed by atoms with Gasteiger partial charge in [-0.3, -0.25) is 0 Å². The van der Waals surface area contributed by atoms with Gasteiger partial charge in [0.2, 0.25) is 0 Å². The van der Waals surface area contributed by atoms with Crippen LogP contribution in [0.5, 0.6) is 0 Å². The molecule has 9 heavy (non-hydrogen) atoms. The molecule has 1 rings (SSSR count). The Morgan fingerprint density at radius 3 is 2.44 bits per heavy atom. The highest BCUT2D eigenvalue weighted by atomic mass is 16.5. The van der Waals surface area contributed by atoms with Crippen LogP contribution >= 0.6 is 0 Å². The maximum Gasteiger partial charge on any atom is 0.0656 e. The van der Waals surface area contributed by atoms with Gasteiger partial charge in [-0.25, -0.2) is 0 Å². The molecule has 0 spiro atoms. The molecule has 0 unspecified atom stereocenters. The first-order valence-corrected chi connectivity index (χ1v) is 3.75. The van der Waals surface area contributed by atoms with Crippen molar-refractivity contribution in [3.05, 3.63) is 0 Å². The highest BCUT2D eigenvalue weighted by molar-refractivity contribution is 4.90. The fraction of sp³-hybridized carbons (Fsp3) is 1.00. The van der Waals surface area contributed by atoms with Crippen LogP contribution in [0.1, 0.15) is 33.1 Å². The van der Waals surface area contributed by atoms with Gasteiger partial charge in [-0.2, -0.15) is 0 Å². The van der Waals surface area contributed by atoms with Gasteiger partial charge in [0.05, 0.1) is 5.60 Å². The Bertz CT molecular complexity index is 92.7. The monoisotopic (exact) mass is 128 g/mol. The summed E-state index contributed by atoms with van der Waals surface area (Å²) in [6.45, 7) is 4.44. The van der Waals surface area contributed by atoms with Gasteiger partial charge in [0.15, 0.2) is 0 Å². The SMILES string of the molecule is CC[C@H]1C[C@@](C)(OC)C1. The van der Waals surface area contributed by atoms with Crippen LogP contribution in [0.4, 0.5) is 0 Å². The van der Waals surface area contributed by atoms with Gasteiger partial charge in [-0.15, -0.1) is 0 Å². The minimum atomic E-state index is 0.237. The third-order valence-corrected chi connectivity index (χ3v) is 2.51. The summed E-state index contributed by atoms with van der Waals surface area (Å²) in [5.74, 6) is 0.940. The normalized spacial score (nSPS) is 42.3. The number of ether oxygens (including phenoxy) is 1. The van der Waals surface area contributed by atoms with E-state index in [0.29, 0.717) is 0 Å². The van der Waals surface area contributed by atoms with Gasteiger partial charge < -0.3 is 4.74 Å². The topological polar surface area (TPSA) is 9.23 Å². The summed E-state index contributed by atoms with van der Waals surface area (Å²) in [7, 11) is 1.81. The van der Waals surface area contributed by atoms with E-state index < -0.39 is 0 Å². The maximum atomic E-state index is 5.31. The molecule has 1 heteroatoms. The van der Waals surface area contributed by atoms with E-state index >= 15 is 0 Å². The Hall–Kier alpha value is -0.0400. The first kappa shape index (κ1) is 7.07.